The largest absolute Gasteiger partial charge is 0.496 e. The number of halogens is 7. The molecule has 1 aromatic heterocycles. The maximum atomic E-state index is 13.8. The van der Waals surface area contributed by atoms with Gasteiger partial charge in [0.25, 0.3) is 17.7 Å². The van der Waals surface area contributed by atoms with E-state index in [2.05, 4.69) is 10.6 Å². The maximum Gasteiger partial charge on any atom is 0.419 e. The summed E-state index contributed by atoms with van der Waals surface area (Å²) in [6.07, 6.45) is -9.84. The van der Waals surface area contributed by atoms with Crippen LogP contribution in [0.5, 0.6) is 5.75 Å². The van der Waals surface area contributed by atoms with E-state index in [4.69, 9.17) is 4.74 Å². The third-order valence-electron chi connectivity index (χ3n) is 7.85. The number of nitrogens with zero attached hydrogens (tertiary/aromatic N) is 1. The summed E-state index contributed by atoms with van der Waals surface area (Å²) >= 11 is 0.531. The Morgan fingerprint density at radius 3 is 2.19 bits per heavy atom. The minimum atomic E-state index is -5.09. The van der Waals surface area contributed by atoms with Crippen molar-refractivity contribution in [3.63, 3.8) is 0 Å². The number of ether oxygens (including phenoxy) is 1. The van der Waals surface area contributed by atoms with E-state index in [0.29, 0.717) is 23.5 Å². The van der Waals surface area contributed by atoms with E-state index in [-0.39, 0.29) is 56.5 Å². The fraction of sp³-hybridized carbons (Fsp3) is 0.281. The van der Waals surface area contributed by atoms with E-state index in [0.717, 1.165) is 24.3 Å². The lowest BCUT2D eigenvalue weighted by Gasteiger charge is -2.45. The standard InChI is InChI=1S/C32H26F7N3O5S/c1-30(2,46)17-13-42(14-17)29(45)15-4-9-23(47-3)20(10-15)27(43)41-25-19-7-5-16(31(34,35)36)11-24(19)48-26(25)28(44)40-18-6-8-22(33)21(12-18)32(37,38)39/h4-12,17,46H,13-14H2,1-3H3,(H,40,44)(H,41,43). The molecule has 0 bridgehead atoms. The summed E-state index contributed by atoms with van der Waals surface area (Å²) in [5.74, 6) is -4.20. The van der Waals surface area contributed by atoms with Crippen molar-refractivity contribution in [2.24, 2.45) is 5.92 Å². The molecule has 254 valence electrons. The number of hydrogen-bond acceptors (Lipinski definition) is 6. The van der Waals surface area contributed by atoms with Crippen LogP contribution >= 0.6 is 11.3 Å². The lowest BCUT2D eigenvalue weighted by molar-refractivity contribution is -0.140. The van der Waals surface area contributed by atoms with Crippen LogP contribution in [0.1, 0.15) is 55.4 Å². The van der Waals surface area contributed by atoms with E-state index in [9.17, 15) is 50.2 Å². The minimum Gasteiger partial charge on any atom is -0.496 e. The molecule has 0 aliphatic carbocycles. The second-order valence-electron chi connectivity index (χ2n) is 11.6. The molecule has 3 aromatic carbocycles. The third-order valence-corrected chi connectivity index (χ3v) is 9.00. The van der Waals surface area contributed by atoms with Gasteiger partial charge in [0.15, 0.2) is 0 Å². The monoisotopic (exact) mass is 697 g/mol. The summed E-state index contributed by atoms with van der Waals surface area (Å²) in [5.41, 5.74) is -4.53. The summed E-state index contributed by atoms with van der Waals surface area (Å²) in [6.45, 7) is 3.80. The highest BCUT2D eigenvalue weighted by Gasteiger charge is 2.40. The highest BCUT2D eigenvalue weighted by Crippen LogP contribution is 2.41. The number of benzene rings is 3. The predicted molar refractivity (Wildman–Crippen MR) is 163 cm³/mol. The number of rotatable bonds is 7. The van der Waals surface area contributed by atoms with Crippen molar-refractivity contribution in [2.45, 2.75) is 31.8 Å². The van der Waals surface area contributed by atoms with Crippen molar-refractivity contribution in [1.82, 2.24) is 4.90 Å². The first-order valence-corrected chi connectivity index (χ1v) is 14.9. The highest BCUT2D eigenvalue weighted by atomic mass is 32.1. The van der Waals surface area contributed by atoms with Crippen LogP contribution in [0.4, 0.5) is 42.1 Å². The number of carbonyl (C=O) groups excluding carboxylic acids is 3. The summed E-state index contributed by atoms with van der Waals surface area (Å²) in [4.78, 5) is 41.3. The van der Waals surface area contributed by atoms with Crippen LogP contribution in [0.3, 0.4) is 0 Å². The third kappa shape index (κ3) is 6.94. The molecule has 1 aliphatic heterocycles. The van der Waals surface area contributed by atoms with Gasteiger partial charge in [-0.05, 0) is 62.4 Å². The summed E-state index contributed by atoms with van der Waals surface area (Å²) < 4.78 is 99.3. The quantitative estimate of drug-likeness (QED) is 0.174. The fourth-order valence-corrected chi connectivity index (χ4v) is 6.13. The Balaban J connectivity index is 1.51. The van der Waals surface area contributed by atoms with Gasteiger partial charge in [-0.3, -0.25) is 14.4 Å². The number of alkyl halides is 6. The topological polar surface area (TPSA) is 108 Å². The van der Waals surface area contributed by atoms with Crippen LogP contribution in [-0.4, -0.2) is 53.5 Å². The van der Waals surface area contributed by atoms with Crippen molar-refractivity contribution in [2.75, 3.05) is 30.8 Å². The molecule has 2 heterocycles. The average molecular weight is 698 g/mol. The lowest BCUT2D eigenvalue weighted by atomic mass is 9.84. The molecular formula is C32H26F7N3O5S. The van der Waals surface area contributed by atoms with E-state index in [1.54, 1.807) is 13.8 Å². The number of methoxy groups -OCH3 is 1. The van der Waals surface area contributed by atoms with Gasteiger partial charge in [-0.25, -0.2) is 4.39 Å². The Hall–Kier alpha value is -4.70. The molecule has 0 atom stereocenters. The minimum absolute atomic E-state index is 0.00558. The van der Waals surface area contributed by atoms with Gasteiger partial charge in [0.2, 0.25) is 0 Å². The van der Waals surface area contributed by atoms with Crippen LogP contribution in [0.2, 0.25) is 0 Å². The van der Waals surface area contributed by atoms with Gasteiger partial charge < -0.3 is 25.4 Å². The molecule has 1 fully saturated rings. The van der Waals surface area contributed by atoms with Crippen molar-refractivity contribution < 1.29 is 55.0 Å². The SMILES string of the molecule is COc1ccc(C(=O)N2CC(C(C)(C)O)C2)cc1C(=O)Nc1c(C(=O)Nc2ccc(F)c(C(F)(F)F)c2)sc2cc(C(F)(F)F)ccc12. The van der Waals surface area contributed by atoms with E-state index < -0.39 is 58.3 Å². The maximum absolute atomic E-state index is 13.8. The number of likely N-dealkylation sites (tertiary alicyclic amines) is 1. The van der Waals surface area contributed by atoms with Crippen molar-refractivity contribution in [3.05, 3.63) is 87.5 Å². The molecule has 3 amide bonds. The number of hydrogen-bond donors (Lipinski definition) is 3. The van der Waals surface area contributed by atoms with E-state index >= 15 is 0 Å². The smallest absolute Gasteiger partial charge is 0.419 e. The van der Waals surface area contributed by atoms with Crippen LogP contribution in [-0.2, 0) is 12.4 Å². The molecule has 0 radical (unpaired) electrons. The highest BCUT2D eigenvalue weighted by molar-refractivity contribution is 7.21. The van der Waals surface area contributed by atoms with Crippen LogP contribution < -0.4 is 15.4 Å². The molecule has 48 heavy (non-hydrogen) atoms. The number of anilines is 2. The second-order valence-corrected chi connectivity index (χ2v) is 12.6. The zero-order valence-electron chi connectivity index (χ0n) is 25.3. The first kappa shape index (κ1) is 34.6. The molecule has 3 N–H and O–H groups in total. The Bertz CT molecular complexity index is 1930. The van der Waals surface area contributed by atoms with Gasteiger partial charge >= 0.3 is 12.4 Å². The zero-order valence-corrected chi connectivity index (χ0v) is 26.1. The number of nitrogens with one attached hydrogen (secondary N) is 2. The molecule has 0 unspecified atom stereocenters. The molecule has 5 rings (SSSR count). The van der Waals surface area contributed by atoms with Gasteiger partial charge in [-0.1, -0.05) is 6.07 Å². The average Bonchev–Trinajstić information content (AvgIpc) is 3.32. The number of aliphatic hydroxyl groups is 1. The van der Waals surface area contributed by atoms with Crippen LogP contribution in [0.15, 0.2) is 54.6 Å². The van der Waals surface area contributed by atoms with Crippen molar-refractivity contribution in [3.8, 4) is 5.75 Å². The van der Waals surface area contributed by atoms with Crippen molar-refractivity contribution >= 4 is 50.5 Å². The number of carbonyl (C=O) groups is 3. The van der Waals surface area contributed by atoms with Crippen molar-refractivity contribution in [1.29, 1.82) is 0 Å². The summed E-state index contributed by atoms with van der Waals surface area (Å²) in [5, 5.41) is 14.9. The van der Waals surface area contributed by atoms with Crippen LogP contribution in [0, 0.1) is 11.7 Å². The van der Waals surface area contributed by atoms with Gasteiger partial charge in [-0.2, -0.15) is 26.3 Å². The van der Waals surface area contributed by atoms with E-state index in [1.807, 2.05) is 0 Å². The van der Waals surface area contributed by atoms with Gasteiger partial charge in [0, 0.05) is 40.3 Å². The Morgan fingerprint density at radius 2 is 1.58 bits per heavy atom. The fourth-order valence-electron chi connectivity index (χ4n) is 5.04. The first-order valence-electron chi connectivity index (χ1n) is 14.1. The zero-order chi connectivity index (χ0) is 35.3. The van der Waals surface area contributed by atoms with Gasteiger partial charge in [0.1, 0.15) is 16.4 Å². The number of thiophene rings is 1. The first-order chi connectivity index (χ1) is 22.3. The van der Waals surface area contributed by atoms with E-state index in [1.165, 1.54) is 30.2 Å². The molecule has 8 nitrogen and oxygen atoms in total. The number of amides is 3. The molecule has 16 heteroatoms. The molecular weight excluding hydrogens is 671 g/mol. The Labute approximate surface area is 272 Å². The second kappa shape index (κ2) is 12.4. The predicted octanol–water partition coefficient (Wildman–Crippen LogP) is 7.43. The van der Waals surface area contributed by atoms with Gasteiger partial charge in [-0.15, -0.1) is 11.3 Å². The Morgan fingerprint density at radius 1 is 0.896 bits per heavy atom. The summed E-state index contributed by atoms with van der Waals surface area (Å²) in [7, 11) is 1.26. The molecule has 0 spiro atoms. The molecule has 1 saturated heterocycles. The van der Waals surface area contributed by atoms with Crippen LogP contribution in [0.25, 0.3) is 10.1 Å². The lowest BCUT2D eigenvalue weighted by Crippen LogP contribution is -2.57. The van der Waals surface area contributed by atoms with Gasteiger partial charge in [0.05, 0.1) is 35.1 Å². The summed E-state index contributed by atoms with van der Waals surface area (Å²) in [6, 6.07) is 8.24. The number of fused-ring (bicyclic) bond motifs is 1. The Kier molecular flexibility index (Phi) is 8.94. The molecule has 0 saturated carbocycles. The molecule has 4 aromatic rings. The normalized spacial score (nSPS) is 14.1. The molecule has 1 aliphatic rings.